The Balaban J connectivity index is 1.53. The number of carbonyl (C=O) groups excluding carboxylic acids is 1. The number of carbonyl (C=O) groups is 1. The van der Waals surface area contributed by atoms with Gasteiger partial charge in [0.15, 0.2) is 0 Å². The van der Waals surface area contributed by atoms with Gasteiger partial charge in [-0.2, -0.15) is 4.31 Å². The van der Waals surface area contributed by atoms with Gasteiger partial charge in [-0.1, -0.05) is 43.0 Å². The Morgan fingerprint density at radius 3 is 2.40 bits per heavy atom. The lowest BCUT2D eigenvalue weighted by molar-refractivity contribution is -0.127. The number of sulfonamides is 1. The molecule has 9 heteroatoms. The topological polar surface area (TPSA) is 79.8 Å². The van der Waals surface area contributed by atoms with Gasteiger partial charge in [0.1, 0.15) is 4.90 Å². The Morgan fingerprint density at radius 1 is 1.13 bits per heavy atom. The van der Waals surface area contributed by atoms with Crippen LogP contribution in [0, 0.1) is 0 Å². The molecule has 1 aliphatic rings. The lowest BCUT2D eigenvalue weighted by atomic mass is 10.1. The third-order valence-electron chi connectivity index (χ3n) is 4.94. The van der Waals surface area contributed by atoms with E-state index in [0.29, 0.717) is 37.9 Å². The molecule has 1 aromatic heterocycles. The SMILES string of the molecule is CCc1ccc(CN(C)C(=O)CSc2ccc(S(=O)(=O)N3CCOCC3)cn2)cc1. The maximum absolute atomic E-state index is 12.6. The molecule has 0 aliphatic carbocycles. The average Bonchev–Trinajstić information content (AvgIpc) is 2.78. The Hall–Kier alpha value is -1.94. The number of hydrogen-bond acceptors (Lipinski definition) is 6. The van der Waals surface area contributed by atoms with E-state index in [-0.39, 0.29) is 16.6 Å². The lowest BCUT2D eigenvalue weighted by Gasteiger charge is -2.25. The Morgan fingerprint density at radius 2 is 1.80 bits per heavy atom. The third-order valence-corrected chi connectivity index (χ3v) is 7.75. The zero-order valence-corrected chi connectivity index (χ0v) is 18.9. The van der Waals surface area contributed by atoms with Crippen LogP contribution in [-0.4, -0.2) is 67.6 Å². The van der Waals surface area contributed by atoms with Crippen molar-refractivity contribution in [1.29, 1.82) is 0 Å². The van der Waals surface area contributed by atoms with Gasteiger partial charge in [0, 0.05) is 32.9 Å². The first kappa shape index (κ1) is 22.7. The summed E-state index contributed by atoms with van der Waals surface area (Å²) >= 11 is 1.30. The predicted molar refractivity (Wildman–Crippen MR) is 117 cm³/mol. The van der Waals surface area contributed by atoms with Crippen LogP contribution in [0.1, 0.15) is 18.1 Å². The number of rotatable bonds is 8. The van der Waals surface area contributed by atoms with Crippen LogP contribution in [0.4, 0.5) is 0 Å². The molecule has 1 fully saturated rings. The van der Waals surface area contributed by atoms with Crippen molar-refractivity contribution in [3.05, 3.63) is 53.7 Å². The van der Waals surface area contributed by atoms with Gasteiger partial charge in [0.05, 0.1) is 24.0 Å². The fourth-order valence-corrected chi connectivity index (χ4v) is 5.17. The van der Waals surface area contributed by atoms with Gasteiger partial charge in [0.25, 0.3) is 0 Å². The van der Waals surface area contributed by atoms with Crippen LogP contribution in [0.15, 0.2) is 52.5 Å². The van der Waals surface area contributed by atoms with E-state index < -0.39 is 10.0 Å². The number of ether oxygens (including phenoxy) is 1. The van der Waals surface area contributed by atoms with E-state index in [9.17, 15) is 13.2 Å². The van der Waals surface area contributed by atoms with Crippen molar-refractivity contribution < 1.29 is 17.9 Å². The number of nitrogens with zero attached hydrogens (tertiary/aromatic N) is 3. The van der Waals surface area contributed by atoms with E-state index >= 15 is 0 Å². The summed E-state index contributed by atoms with van der Waals surface area (Å²) in [5.74, 6) is 0.234. The van der Waals surface area contributed by atoms with Crippen LogP contribution in [0.3, 0.4) is 0 Å². The molecule has 0 N–H and O–H groups in total. The molecule has 1 aromatic carbocycles. The van der Waals surface area contributed by atoms with E-state index in [0.717, 1.165) is 12.0 Å². The molecule has 30 heavy (non-hydrogen) atoms. The summed E-state index contributed by atoms with van der Waals surface area (Å²) in [5.41, 5.74) is 2.36. The molecule has 7 nitrogen and oxygen atoms in total. The molecule has 1 amide bonds. The van der Waals surface area contributed by atoms with Crippen molar-refractivity contribution in [2.75, 3.05) is 39.1 Å². The van der Waals surface area contributed by atoms with Gasteiger partial charge in [-0.05, 0) is 29.7 Å². The Labute approximate surface area is 182 Å². The Kier molecular flexibility index (Phi) is 7.87. The van der Waals surface area contributed by atoms with Crippen LogP contribution in [0.25, 0.3) is 0 Å². The van der Waals surface area contributed by atoms with E-state index in [1.54, 1.807) is 24.1 Å². The maximum atomic E-state index is 12.6. The number of pyridine rings is 1. The highest BCUT2D eigenvalue weighted by Crippen LogP contribution is 2.21. The molecule has 0 radical (unpaired) electrons. The summed E-state index contributed by atoms with van der Waals surface area (Å²) < 4.78 is 31.9. The normalized spacial score (nSPS) is 15.1. The average molecular weight is 450 g/mol. The van der Waals surface area contributed by atoms with Gasteiger partial charge in [-0.3, -0.25) is 4.79 Å². The summed E-state index contributed by atoms with van der Waals surface area (Å²) in [7, 11) is -1.78. The molecule has 2 aromatic rings. The lowest BCUT2D eigenvalue weighted by Crippen LogP contribution is -2.40. The molecule has 0 atom stereocenters. The second kappa shape index (κ2) is 10.4. The van der Waals surface area contributed by atoms with Crippen LogP contribution in [-0.2, 0) is 32.5 Å². The largest absolute Gasteiger partial charge is 0.379 e. The fraction of sp³-hybridized carbons (Fsp3) is 0.429. The summed E-state index contributed by atoms with van der Waals surface area (Å²) in [4.78, 5) is 18.5. The van der Waals surface area contributed by atoms with E-state index in [1.165, 1.54) is 27.8 Å². The first-order chi connectivity index (χ1) is 14.4. The van der Waals surface area contributed by atoms with Crippen molar-refractivity contribution in [2.45, 2.75) is 29.8 Å². The van der Waals surface area contributed by atoms with Crippen molar-refractivity contribution in [3.63, 3.8) is 0 Å². The third kappa shape index (κ3) is 5.81. The molecule has 0 saturated carbocycles. The first-order valence-corrected chi connectivity index (χ1v) is 12.3. The maximum Gasteiger partial charge on any atom is 0.244 e. The van der Waals surface area contributed by atoms with Gasteiger partial charge in [-0.15, -0.1) is 0 Å². The van der Waals surface area contributed by atoms with Crippen LogP contribution in [0.5, 0.6) is 0 Å². The second-order valence-electron chi connectivity index (χ2n) is 7.06. The summed E-state index contributed by atoms with van der Waals surface area (Å²) in [6, 6.07) is 11.5. The molecule has 3 rings (SSSR count). The number of aryl methyl sites for hydroxylation is 1. The zero-order valence-electron chi connectivity index (χ0n) is 17.3. The minimum absolute atomic E-state index is 0.00798. The highest BCUT2D eigenvalue weighted by molar-refractivity contribution is 7.99. The van der Waals surface area contributed by atoms with Crippen molar-refractivity contribution in [1.82, 2.24) is 14.2 Å². The molecule has 162 valence electrons. The summed E-state index contributed by atoms with van der Waals surface area (Å²) in [5, 5.41) is 0.616. The first-order valence-electron chi connectivity index (χ1n) is 9.88. The molecule has 0 unspecified atom stereocenters. The summed E-state index contributed by atoms with van der Waals surface area (Å²) in [6.07, 6.45) is 2.35. The molecular weight excluding hydrogens is 422 g/mol. The van der Waals surface area contributed by atoms with Crippen molar-refractivity contribution in [2.24, 2.45) is 0 Å². The minimum atomic E-state index is -3.56. The predicted octanol–water partition coefficient (Wildman–Crippen LogP) is 2.42. The minimum Gasteiger partial charge on any atom is -0.379 e. The van der Waals surface area contributed by atoms with Crippen LogP contribution < -0.4 is 0 Å². The van der Waals surface area contributed by atoms with Crippen LogP contribution >= 0.6 is 11.8 Å². The van der Waals surface area contributed by atoms with Gasteiger partial charge >= 0.3 is 0 Å². The van der Waals surface area contributed by atoms with Crippen molar-refractivity contribution in [3.8, 4) is 0 Å². The smallest absolute Gasteiger partial charge is 0.244 e. The highest BCUT2D eigenvalue weighted by atomic mass is 32.2. The summed E-state index contributed by atoms with van der Waals surface area (Å²) in [6.45, 7) is 4.16. The van der Waals surface area contributed by atoms with E-state index in [1.807, 2.05) is 12.1 Å². The van der Waals surface area contributed by atoms with Crippen LogP contribution in [0.2, 0.25) is 0 Å². The Bertz CT molecular complexity index is 941. The molecule has 2 heterocycles. The number of thioether (sulfide) groups is 1. The number of morpholine rings is 1. The highest BCUT2D eigenvalue weighted by Gasteiger charge is 2.26. The monoisotopic (exact) mass is 449 g/mol. The van der Waals surface area contributed by atoms with Gasteiger partial charge in [0.2, 0.25) is 15.9 Å². The second-order valence-corrected chi connectivity index (χ2v) is 9.99. The molecule has 1 saturated heterocycles. The molecule has 0 spiro atoms. The number of amides is 1. The zero-order chi connectivity index (χ0) is 21.6. The fourth-order valence-electron chi connectivity index (χ4n) is 3.03. The standard InChI is InChI=1S/C21H27N3O4S2/c1-3-17-4-6-18(7-5-17)15-23(2)21(25)16-29-20-9-8-19(14-22-20)30(26,27)24-10-12-28-13-11-24/h4-9,14H,3,10-13,15-16H2,1-2H3. The van der Waals surface area contributed by atoms with Crippen molar-refractivity contribution >= 4 is 27.7 Å². The number of hydrogen-bond donors (Lipinski definition) is 0. The molecular formula is C21H27N3O4S2. The number of aromatic nitrogens is 1. The quantitative estimate of drug-likeness (QED) is 0.576. The van der Waals surface area contributed by atoms with Gasteiger partial charge < -0.3 is 9.64 Å². The molecule has 1 aliphatic heterocycles. The molecule has 0 bridgehead atoms. The van der Waals surface area contributed by atoms with E-state index in [2.05, 4.69) is 24.0 Å². The number of benzene rings is 1. The van der Waals surface area contributed by atoms with Gasteiger partial charge in [-0.25, -0.2) is 13.4 Å². The van der Waals surface area contributed by atoms with E-state index in [4.69, 9.17) is 4.74 Å².